The molecule has 26 heavy (non-hydrogen) atoms. The molecule has 0 aliphatic heterocycles. The summed E-state index contributed by atoms with van der Waals surface area (Å²) in [6.45, 7) is 0.621. The molecule has 4 rings (SSSR count). The van der Waals surface area contributed by atoms with Gasteiger partial charge in [-0.15, -0.1) is 5.10 Å². The Balaban J connectivity index is 1.78. The van der Waals surface area contributed by atoms with E-state index in [1.807, 2.05) is 47.1 Å². The first-order valence-corrected chi connectivity index (χ1v) is 8.23. The van der Waals surface area contributed by atoms with Crippen LogP contribution in [0.2, 0.25) is 0 Å². The molecule has 0 fully saturated rings. The van der Waals surface area contributed by atoms with E-state index in [0.717, 1.165) is 22.7 Å². The summed E-state index contributed by atoms with van der Waals surface area (Å²) in [5.74, 6) is 2.13. The van der Waals surface area contributed by atoms with Gasteiger partial charge in [0, 0.05) is 18.0 Å². The Kier molecular flexibility index (Phi) is 4.38. The van der Waals surface area contributed by atoms with Crippen molar-refractivity contribution in [2.45, 2.75) is 6.54 Å². The molecule has 2 aromatic carbocycles. The standard InChI is InChI=1S/C20H17N5O/c1-26-17-9-7-16(8-10-17)20-23-19(18-13-21-11-12-22-18)24-25(20)14-15-5-3-2-4-6-15/h2-13H,14H2,1H3. The molecule has 2 aromatic heterocycles. The van der Waals surface area contributed by atoms with E-state index in [4.69, 9.17) is 9.72 Å². The summed E-state index contributed by atoms with van der Waals surface area (Å²) in [4.78, 5) is 13.1. The molecular formula is C20H17N5O. The summed E-state index contributed by atoms with van der Waals surface area (Å²) in [5, 5.41) is 4.67. The first-order chi connectivity index (χ1) is 12.8. The molecule has 0 bridgehead atoms. The summed E-state index contributed by atoms with van der Waals surface area (Å²) in [7, 11) is 1.65. The van der Waals surface area contributed by atoms with Crippen molar-refractivity contribution in [3.63, 3.8) is 0 Å². The number of aromatic nitrogens is 5. The number of ether oxygens (including phenoxy) is 1. The van der Waals surface area contributed by atoms with Gasteiger partial charge in [0.15, 0.2) is 5.82 Å². The third kappa shape index (κ3) is 3.30. The van der Waals surface area contributed by atoms with E-state index in [9.17, 15) is 0 Å². The Hall–Kier alpha value is -3.54. The molecule has 2 heterocycles. The Morgan fingerprint density at radius 3 is 2.46 bits per heavy atom. The molecule has 0 N–H and O–H groups in total. The molecule has 0 amide bonds. The third-order valence-corrected chi connectivity index (χ3v) is 3.99. The van der Waals surface area contributed by atoms with Crippen molar-refractivity contribution in [1.82, 2.24) is 24.7 Å². The lowest BCUT2D eigenvalue weighted by Gasteiger charge is -2.07. The van der Waals surface area contributed by atoms with E-state index in [0.29, 0.717) is 18.1 Å². The molecule has 0 saturated carbocycles. The lowest BCUT2D eigenvalue weighted by Crippen LogP contribution is -2.04. The minimum atomic E-state index is 0.555. The van der Waals surface area contributed by atoms with Crippen LogP contribution in [-0.4, -0.2) is 31.8 Å². The van der Waals surface area contributed by atoms with E-state index in [2.05, 4.69) is 27.2 Å². The van der Waals surface area contributed by atoms with Gasteiger partial charge >= 0.3 is 0 Å². The van der Waals surface area contributed by atoms with Crippen LogP contribution >= 0.6 is 0 Å². The number of nitrogens with zero attached hydrogens (tertiary/aromatic N) is 5. The van der Waals surface area contributed by atoms with Gasteiger partial charge in [-0.05, 0) is 29.8 Å². The van der Waals surface area contributed by atoms with Crippen LogP contribution in [0.15, 0.2) is 73.2 Å². The summed E-state index contributed by atoms with van der Waals surface area (Å²) in [6, 6.07) is 18.0. The van der Waals surface area contributed by atoms with Gasteiger partial charge < -0.3 is 4.74 Å². The highest BCUT2D eigenvalue weighted by Gasteiger charge is 2.15. The van der Waals surface area contributed by atoms with Crippen LogP contribution in [0, 0.1) is 0 Å². The fraction of sp³-hybridized carbons (Fsp3) is 0.100. The Bertz CT molecular complexity index is 982. The zero-order valence-electron chi connectivity index (χ0n) is 14.3. The highest BCUT2D eigenvalue weighted by Crippen LogP contribution is 2.24. The third-order valence-electron chi connectivity index (χ3n) is 3.99. The van der Waals surface area contributed by atoms with Crippen LogP contribution in [0.4, 0.5) is 0 Å². The molecule has 4 aromatic rings. The average molecular weight is 343 g/mol. The van der Waals surface area contributed by atoms with Gasteiger partial charge in [-0.1, -0.05) is 30.3 Å². The molecule has 0 aliphatic rings. The number of methoxy groups -OCH3 is 1. The van der Waals surface area contributed by atoms with Crippen molar-refractivity contribution in [2.75, 3.05) is 7.11 Å². The molecule has 0 unspecified atom stereocenters. The fourth-order valence-electron chi connectivity index (χ4n) is 2.69. The van der Waals surface area contributed by atoms with Gasteiger partial charge in [-0.2, -0.15) is 0 Å². The van der Waals surface area contributed by atoms with Gasteiger partial charge in [0.05, 0.1) is 19.9 Å². The summed E-state index contributed by atoms with van der Waals surface area (Å²) in [6.07, 6.45) is 4.94. The van der Waals surface area contributed by atoms with Crippen molar-refractivity contribution in [3.05, 3.63) is 78.8 Å². The summed E-state index contributed by atoms with van der Waals surface area (Å²) >= 11 is 0. The highest BCUT2D eigenvalue weighted by molar-refractivity contribution is 5.60. The number of rotatable bonds is 5. The van der Waals surface area contributed by atoms with Gasteiger partial charge in [-0.3, -0.25) is 4.98 Å². The second-order valence-corrected chi connectivity index (χ2v) is 5.72. The molecule has 0 atom stereocenters. The maximum atomic E-state index is 5.24. The van der Waals surface area contributed by atoms with Crippen molar-refractivity contribution in [2.24, 2.45) is 0 Å². The van der Waals surface area contributed by atoms with Crippen LogP contribution in [0.3, 0.4) is 0 Å². The van der Waals surface area contributed by atoms with Crippen LogP contribution in [0.25, 0.3) is 22.9 Å². The van der Waals surface area contributed by atoms with Crippen molar-refractivity contribution in [3.8, 4) is 28.7 Å². The second kappa shape index (κ2) is 7.14. The predicted molar refractivity (Wildman–Crippen MR) is 98.6 cm³/mol. The van der Waals surface area contributed by atoms with E-state index < -0.39 is 0 Å². The van der Waals surface area contributed by atoms with E-state index in [1.54, 1.807) is 25.7 Å². The van der Waals surface area contributed by atoms with Gasteiger partial charge in [0.1, 0.15) is 11.4 Å². The smallest absolute Gasteiger partial charge is 0.201 e. The first-order valence-electron chi connectivity index (χ1n) is 8.23. The van der Waals surface area contributed by atoms with Crippen LogP contribution in [0.5, 0.6) is 5.75 Å². The SMILES string of the molecule is COc1ccc(-c2nc(-c3cnccn3)nn2Cc2ccccc2)cc1. The molecule has 6 heteroatoms. The molecule has 6 nitrogen and oxygen atoms in total. The van der Waals surface area contributed by atoms with Crippen molar-refractivity contribution < 1.29 is 4.74 Å². The Morgan fingerprint density at radius 2 is 1.77 bits per heavy atom. The van der Waals surface area contributed by atoms with E-state index in [-0.39, 0.29) is 0 Å². The Morgan fingerprint density at radius 1 is 0.962 bits per heavy atom. The summed E-state index contributed by atoms with van der Waals surface area (Å²) in [5.41, 5.74) is 2.76. The van der Waals surface area contributed by atoms with Gasteiger partial charge in [0.2, 0.25) is 5.82 Å². The molecular weight excluding hydrogens is 326 g/mol. The van der Waals surface area contributed by atoms with Crippen LogP contribution in [0.1, 0.15) is 5.56 Å². The first kappa shape index (κ1) is 16.0. The van der Waals surface area contributed by atoms with Gasteiger partial charge in [0.25, 0.3) is 0 Å². The van der Waals surface area contributed by atoms with Gasteiger partial charge in [-0.25, -0.2) is 14.6 Å². The maximum Gasteiger partial charge on any atom is 0.201 e. The number of hydrogen-bond acceptors (Lipinski definition) is 5. The second-order valence-electron chi connectivity index (χ2n) is 5.72. The fourth-order valence-corrected chi connectivity index (χ4v) is 2.69. The quantitative estimate of drug-likeness (QED) is 0.555. The molecule has 0 aliphatic carbocycles. The molecule has 128 valence electrons. The maximum absolute atomic E-state index is 5.24. The Labute approximate surface area is 151 Å². The van der Waals surface area contributed by atoms with E-state index >= 15 is 0 Å². The van der Waals surface area contributed by atoms with Crippen LogP contribution in [-0.2, 0) is 6.54 Å². The van der Waals surface area contributed by atoms with E-state index in [1.165, 1.54) is 0 Å². The normalized spacial score (nSPS) is 10.7. The minimum absolute atomic E-state index is 0.555. The minimum Gasteiger partial charge on any atom is -0.497 e. The monoisotopic (exact) mass is 343 g/mol. The molecule has 0 spiro atoms. The lowest BCUT2D eigenvalue weighted by molar-refractivity contribution is 0.415. The molecule has 0 saturated heterocycles. The topological polar surface area (TPSA) is 65.7 Å². The molecule has 0 radical (unpaired) electrons. The zero-order valence-corrected chi connectivity index (χ0v) is 14.3. The van der Waals surface area contributed by atoms with Crippen molar-refractivity contribution in [1.29, 1.82) is 0 Å². The highest BCUT2D eigenvalue weighted by atomic mass is 16.5. The lowest BCUT2D eigenvalue weighted by atomic mass is 10.2. The zero-order chi connectivity index (χ0) is 17.8. The number of benzene rings is 2. The largest absolute Gasteiger partial charge is 0.497 e. The van der Waals surface area contributed by atoms with Crippen molar-refractivity contribution >= 4 is 0 Å². The predicted octanol–water partition coefficient (Wildman–Crippen LogP) is 3.46. The number of hydrogen-bond donors (Lipinski definition) is 0. The average Bonchev–Trinajstić information content (AvgIpc) is 3.13. The van der Waals surface area contributed by atoms with Crippen LogP contribution < -0.4 is 4.74 Å². The summed E-state index contributed by atoms with van der Waals surface area (Å²) < 4.78 is 7.13.